The maximum Gasteiger partial charge on any atom is 0.255 e. The van der Waals surface area contributed by atoms with Crippen LogP contribution in [0.3, 0.4) is 0 Å². The summed E-state index contributed by atoms with van der Waals surface area (Å²) in [7, 11) is 0. The molecule has 0 bridgehead atoms. The van der Waals surface area contributed by atoms with Crippen molar-refractivity contribution in [2.75, 3.05) is 24.6 Å². The van der Waals surface area contributed by atoms with Crippen molar-refractivity contribution in [1.82, 2.24) is 0 Å². The van der Waals surface area contributed by atoms with Crippen LogP contribution in [0.1, 0.15) is 5.56 Å². The number of nitrogens with zero attached hydrogens (tertiary/aromatic N) is 1. The predicted octanol–water partition coefficient (Wildman–Crippen LogP) is 1.69. The Balaban J connectivity index is 2.98. The molecule has 0 saturated heterocycles. The summed E-state index contributed by atoms with van der Waals surface area (Å²) in [5, 5.41) is 16.3. The van der Waals surface area contributed by atoms with Crippen LogP contribution in [-0.4, -0.2) is 37.1 Å². The van der Waals surface area contributed by atoms with Crippen molar-refractivity contribution in [3.63, 3.8) is 0 Å². The number of amidine groups is 1. The van der Waals surface area contributed by atoms with Crippen molar-refractivity contribution in [2.24, 2.45) is 5.73 Å². The number of aliphatic hydroxyl groups excluding tert-OH is 1. The molecular weight excluding hydrogens is 264 g/mol. The molecule has 18 heavy (non-hydrogen) atoms. The van der Waals surface area contributed by atoms with E-state index in [-0.39, 0.29) is 24.0 Å². The van der Waals surface area contributed by atoms with Crippen LogP contribution in [0.5, 0.6) is 0 Å². The molecule has 0 unspecified atom stereocenters. The summed E-state index contributed by atoms with van der Waals surface area (Å²) in [5.41, 5.74) is 6.11. The second-order valence-electron chi connectivity index (χ2n) is 3.64. The van der Waals surface area contributed by atoms with E-state index in [0.717, 1.165) is 0 Å². The first-order valence-corrected chi connectivity index (χ1v) is 5.61. The molecule has 0 radical (unpaired) electrons. The number of hydrogen-bond acceptors (Lipinski definition) is 3. The first-order valence-electron chi connectivity index (χ1n) is 5.23. The van der Waals surface area contributed by atoms with Crippen LogP contribution in [0.25, 0.3) is 0 Å². The predicted molar refractivity (Wildman–Crippen MR) is 67.8 cm³/mol. The van der Waals surface area contributed by atoms with Crippen LogP contribution in [0.4, 0.5) is 14.5 Å². The Hall–Kier alpha value is -1.40. The van der Waals surface area contributed by atoms with Gasteiger partial charge in [0.25, 0.3) is 6.43 Å². The normalized spacial score (nSPS) is 10.7. The zero-order valence-electron chi connectivity index (χ0n) is 9.54. The zero-order chi connectivity index (χ0) is 13.7. The largest absolute Gasteiger partial charge is 0.395 e. The van der Waals surface area contributed by atoms with E-state index in [1.54, 1.807) is 6.07 Å². The molecule has 0 fully saturated rings. The number of halogens is 3. The van der Waals surface area contributed by atoms with Gasteiger partial charge >= 0.3 is 0 Å². The van der Waals surface area contributed by atoms with Gasteiger partial charge in [-0.2, -0.15) is 0 Å². The molecule has 0 aromatic heterocycles. The van der Waals surface area contributed by atoms with Crippen LogP contribution in [-0.2, 0) is 0 Å². The Bertz CT molecular complexity index is 429. The number of nitrogen functional groups attached to an aromatic ring is 1. The molecule has 0 heterocycles. The highest BCUT2D eigenvalue weighted by Crippen LogP contribution is 2.24. The van der Waals surface area contributed by atoms with Crippen molar-refractivity contribution in [3.05, 3.63) is 28.8 Å². The minimum absolute atomic E-state index is 0.0834. The number of alkyl halides is 2. The molecule has 0 aliphatic carbocycles. The standard InChI is InChI=1S/C11H14ClF2N3O/c12-9-5-7(1-2-8(9)11(15)16)17(3-4-18)6-10(13)14/h1-2,5,10,18H,3-4,6H2,(H3,15,16). The molecule has 0 amide bonds. The van der Waals surface area contributed by atoms with Crippen LogP contribution in [0.15, 0.2) is 18.2 Å². The number of rotatable bonds is 6. The summed E-state index contributed by atoms with van der Waals surface area (Å²) in [5.74, 6) is -0.186. The average Bonchev–Trinajstić information content (AvgIpc) is 2.27. The van der Waals surface area contributed by atoms with Gasteiger partial charge in [-0.25, -0.2) is 8.78 Å². The summed E-state index contributed by atoms with van der Waals surface area (Å²) < 4.78 is 24.8. The summed E-state index contributed by atoms with van der Waals surface area (Å²) in [6.07, 6.45) is -2.51. The van der Waals surface area contributed by atoms with Crippen LogP contribution >= 0.6 is 11.6 Å². The van der Waals surface area contributed by atoms with Gasteiger partial charge < -0.3 is 15.7 Å². The van der Waals surface area contributed by atoms with Gasteiger partial charge in [0, 0.05) is 17.8 Å². The van der Waals surface area contributed by atoms with E-state index < -0.39 is 13.0 Å². The maximum atomic E-state index is 12.4. The lowest BCUT2D eigenvalue weighted by Crippen LogP contribution is -2.31. The minimum atomic E-state index is -2.51. The Kier molecular flexibility index (Phi) is 5.30. The highest BCUT2D eigenvalue weighted by molar-refractivity contribution is 6.34. The van der Waals surface area contributed by atoms with E-state index in [2.05, 4.69) is 0 Å². The molecule has 100 valence electrons. The van der Waals surface area contributed by atoms with Gasteiger partial charge in [-0.3, -0.25) is 5.41 Å². The molecule has 7 heteroatoms. The molecule has 1 aromatic rings. The number of nitrogens with one attached hydrogen (secondary N) is 1. The Labute approximate surface area is 108 Å². The third kappa shape index (κ3) is 3.82. The molecular formula is C11H14ClF2N3O. The highest BCUT2D eigenvalue weighted by atomic mass is 35.5. The van der Waals surface area contributed by atoms with E-state index >= 15 is 0 Å². The van der Waals surface area contributed by atoms with Gasteiger partial charge in [-0.05, 0) is 18.2 Å². The minimum Gasteiger partial charge on any atom is -0.395 e. The van der Waals surface area contributed by atoms with Crippen molar-refractivity contribution >= 4 is 23.1 Å². The highest BCUT2D eigenvalue weighted by Gasteiger charge is 2.14. The molecule has 4 N–H and O–H groups in total. The SMILES string of the molecule is N=C(N)c1ccc(N(CCO)CC(F)F)cc1Cl. The number of aliphatic hydroxyl groups is 1. The monoisotopic (exact) mass is 277 g/mol. The quantitative estimate of drug-likeness (QED) is 0.547. The molecule has 0 spiro atoms. The van der Waals surface area contributed by atoms with Crippen molar-refractivity contribution in [1.29, 1.82) is 5.41 Å². The van der Waals surface area contributed by atoms with Gasteiger partial charge in [-0.1, -0.05) is 11.6 Å². The lowest BCUT2D eigenvalue weighted by Gasteiger charge is -2.24. The van der Waals surface area contributed by atoms with E-state index in [0.29, 0.717) is 11.3 Å². The van der Waals surface area contributed by atoms with E-state index in [1.807, 2.05) is 0 Å². The van der Waals surface area contributed by atoms with Crippen LogP contribution in [0, 0.1) is 5.41 Å². The third-order valence-corrected chi connectivity index (χ3v) is 2.65. The molecule has 0 saturated carbocycles. The molecule has 0 aliphatic rings. The molecule has 1 rings (SSSR count). The van der Waals surface area contributed by atoms with E-state index in [4.69, 9.17) is 27.9 Å². The molecule has 0 atom stereocenters. The van der Waals surface area contributed by atoms with Crippen LogP contribution in [0.2, 0.25) is 5.02 Å². The molecule has 0 aliphatic heterocycles. The number of hydrogen-bond donors (Lipinski definition) is 3. The lowest BCUT2D eigenvalue weighted by molar-refractivity contribution is 0.153. The fourth-order valence-electron chi connectivity index (χ4n) is 1.53. The van der Waals surface area contributed by atoms with Gasteiger partial charge in [-0.15, -0.1) is 0 Å². The number of benzene rings is 1. The van der Waals surface area contributed by atoms with Crippen molar-refractivity contribution in [3.8, 4) is 0 Å². The fourth-order valence-corrected chi connectivity index (χ4v) is 1.81. The zero-order valence-corrected chi connectivity index (χ0v) is 10.3. The fraction of sp³-hybridized carbons (Fsp3) is 0.364. The van der Waals surface area contributed by atoms with Gasteiger partial charge in [0.1, 0.15) is 5.84 Å². The van der Waals surface area contributed by atoms with Gasteiger partial charge in [0.2, 0.25) is 0 Å². The number of anilines is 1. The van der Waals surface area contributed by atoms with E-state index in [9.17, 15) is 8.78 Å². The smallest absolute Gasteiger partial charge is 0.255 e. The third-order valence-electron chi connectivity index (χ3n) is 2.34. The first-order chi connectivity index (χ1) is 8.45. The van der Waals surface area contributed by atoms with Crippen molar-refractivity contribution < 1.29 is 13.9 Å². The summed E-state index contributed by atoms with van der Waals surface area (Å²) in [4.78, 5) is 1.32. The summed E-state index contributed by atoms with van der Waals surface area (Å²) in [6, 6.07) is 4.49. The number of nitrogens with two attached hydrogens (primary N) is 1. The Morgan fingerprint density at radius 2 is 2.17 bits per heavy atom. The van der Waals surface area contributed by atoms with E-state index in [1.165, 1.54) is 17.0 Å². The Morgan fingerprint density at radius 1 is 1.50 bits per heavy atom. The Morgan fingerprint density at radius 3 is 2.61 bits per heavy atom. The first kappa shape index (κ1) is 14.7. The van der Waals surface area contributed by atoms with Crippen LogP contribution < -0.4 is 10.6 Å². The topological polar surface area (TPSA) is 73.3 Å². The van der Waals surface area contributed by atoms with Gasteiger partial charge in [0.15, 0.2) is 0 Å². The molecule has 1 aromatic carbocycles. The average molecular weight is 278 g/mol. The maximum absolute atomic E-state index is 12.4. The summed E-state index contributed by atoms with van der Waals surface area (Å²) in [6.45, 7) is -0.644. The summed E-state index contributed by atoms with van der Waals surface area (Å²) >= 11 is 5.91. The second-order valence-corrected chi connectivity index (χ2v) is 4.05. The van der Waals surface area contributed by atoms with Crippen molar-refractivity contribution in [2.45, 2.75) is 6.43 Å². The lowest BCUT2D eigenvalue weighted by atomic mass is 10.1. The second kappa shape index (κ2) is 6.51. The van der Waals surface area contributed by atoms with Gasteiger partial charge in [0.05, 0.1) is 18.2 Å². The molecule has 4 nitrogen and oxygen atoms in total.